The first-order chi connectivity index (χ1) is 10.7. The Hall–Kier alpha value is -2.03. The summed E-state index contributed by atoms with van der Waals surface area (Å²) < 4.78 is 27.1. The molecule has 2 aliphatic carbocycles. The normalized spacial score (nSPS) is 30.5. The summed E-state index contributed by atoms with van der Waals surface area (Å²) in [6.45, 7) is 0.124. The minimum atomic E-state index is -3.24. The number of carbonyl (C=O) groups excluding carboxylic acids is 1. The lowest BCUT2D eigenvalue weighted by Crippen LogP contribution is -2.42. The molecule has 1 atom stereocenters. The first-order valence-corrected chi connectivity index (χ1v) is 7.71. The van der Waals surface area contributed by atoms with Gasteiger partial charge in [-0.25, -0.2) is 13.6 Å². The smallest absolute Gasteiger partial charge is 0.345 e. The molecule has 0 bridgehead atoms. The van der Waals surface area contributed by atoms with Crippen molar-refractivity contribution in [3.63, 3.8) is 0 Å². The van der Waals surface area contributed by atoms with Crippen LogP contribution in [0.25, 0.3) is 0 Å². The van der Waals surface area contributed by atoms with Crippen LogP contribution in [0.4, 0.5) is 8.78 Å². The molecule has 2 aliphatic rings. The fourth-order valence-corrected chi connectivity index (χ4v) is 4.11. The van der Waals surface area contributed by atoms with Crippen molar-refractivity contribution < 1.29 is 33.4 Å². The second-order valence-electron chi connectivity index (χ2n) is 5.94. The minimum Gasteiger partial charge on any atom is -0.481 e. The van der Waals surface area contributed by atoms with Gasteiger partial charge in [-0.3, -0.25) is 9.59 Å². The van der Waals surface area contributed by atoms with Gasteiger partial charge in [0.2, 0.25) is 5.91 Å². The molecule has 1 aromatic heterocycles. The number of hydrogen-bond donors (Lipinski definition) is 3. The summed E-state index contributed by atoms with van der Waals surface area (Å²) in [7, 11) is 0. The number of nitrogens with one attached hydrogen (secondary N) is 1. The van der Waals surface area contributed by atoms with Gasteiger partial charge in [-0.2, -0.15) is 0 Å². The maximum absolute atomic E-state index is 13.5. The average molecular weight is 345 g/mol. The number of aliphatic carboxylic acids is 1. The molecule has 9 heteroatoms. The molecule has 1 heterocycles. The van der Waals surface area contributed by atoms with Gasteiger partial charge in [-0.1, -0.05) is 0 Å². The van der Waals surface area contributed by atoms with Gasteiger partial charge in [-0.05, 0) is 25.0 Å². The first kappa shape index (κ1) is 15.9. The maximum atomic E-state index is 13.5. The molecular weight excluding hydrogens is 332 g/mol. The molecule has 1 spiro atoms. The Balaban J connectivity index is 1.52. The van der Waals surface area contributed by atoms with Crippen LogP contribution in [0.15, 0.2) is 12.1 Å². The third kappa shape index (κ3) is 2.30. The second kappa shape index (κ2) is 4.98. The van der Waals surface area contributed by atoms with Gasteiger partial charge in [0, 0.05) is 10.8 Å². The summed E-state index contributed by atoms with van der Waals surface area (Å²) in [5.74, 6) is -8.52. The summed E-state index contributed by atoms with van der Waals surface area (Å²) in [6, 6.07) is 3.00. The number of carbonyl (C=O) groups is 3. The summed E-state index contributed by atoms with van der Waals surface area (Å²) in [6.07, 6.45) is -0.263. The average Bonchev–Trinajstić information content (AvgIpc) is 2.74. The quantitative estimate of drug-likeness (QED) is 0.755. The van der Waals surface area contributed by atoms with Gasteiger partial charge in [-0.15, -0.1) is 11.3 Å². The summed E-state index contributed by atoms with van der Waals surface area (Å²) in [5.41, 5.74) is -1.56. The number of aromatic carboxylic acids is 1. The lowest BCUT2D eigenvalue weighted by molar-refractivity contribution is -0.142. The van der Waals surface area contributed by atoms with Crippen LogP contribution in [0.3, 0.4) is 0 Å². The van der Waals surface area contributed by atoms with E-state index in [9.17, 15) is 23.2 Å². The fourth-order valence-electron chi connectivity index (χ4n) is 3.32. The zero-order valence-electron chi connectivity index (χ0n) is 11.7. The topological polar surface area (TPSA) is 104 Å². The van der Waals surface area contributed by atoms with Crippen molar-refractivity contribution in [3.05, 3.63) is 21.9 Å². The van der Waals surface area contributed by atoms with Gasteiger partial charge in [0.15, 0.2) is 0 Å². The molecule has 1 unspecified atom stereocenters. The van der Waals surface area contributed by atoms with Crippen molar-refractivity contribution in [3.8, 4) is 0 Å². The van der Waals surface area contributed by atoms with Gasteiger partial charge in [0.25, 0.3) is 5.92 Å². The standard InChI is InChI=1S/C14H13F2NO5S/c15-14(16)9(12(21)22)13(14)3-6(4-13)10(18)17-5-7-1-2-8(23-7)11(19)20/h1-2,6,9H,3-5H2,(H,17,18)(H,19,20)(H,21,22). The lowest BCUT2D eigenvalue weighted by Gasteiger charge is -2.34. The van der Waals surface area contributed by atoms with E-state index >= 15 is 0 Å². The molecule has 0 aliphatic heterocycles. The third-order valence-electron chi connectivity index (χ3n) is 4.64. The Morgan fingerprint density at radius 1 is 1.26 bits per heavy atom. The van der Waals surface area contributed by atoms with E-state index in [1.54, 1.807) is 6.07 Å². The molecular formula is C14H13F2NO5S. The molecule has 2 saturated carbocycles. The van der Waals surface area contributed by atoms with E-state index in [4.69, 9.17) is 10.2 Å². The number of thiophene rings is 1. The predicted octanol–water partition coefficient (Wildman–Crippen LogP) is 1.81. The molecule has 3 rings (SSSR count). The summed E-state index contributed by atoms with van der Waals surface area (Å²) >= 11 is 1.02. The molecule has 2 fully saturated rings. The van der Waals surface area contributed by atoms with Crippen LogP contribution >= 0.6 is 11.3 Å². The number of halogens is 2. The number of alkyl halides is 2. The molecule has 6 nitrogen and oxygen atoms in total. The first-order valence-electron chi connectivity index (χ1n) is 6.89. The largest absolute Gasteiger partial charge is 0.481 e. The highest BCUT2D eigenvalue weighted by molar-refractivity contribution is 7.13. The van der Waals surface area contributed by atoms with Gasteiger partial charge < -0.3 is 15.5 Å². The van der Waals surface area contributed by atoms with E-state index in [1.165, 1.54) is 6.07 Å². The zero-order valence-corrected chi connectivity index (χ0v) is 12.5. The van der Waals surface area contributed by atoms with Crippen molar-refractivity contribution in [2.24, 2.45) is 17.3 Å². The zero-order chi connectivity index (χ0) is 17.0. The number of rotatable bonds is 5. The van der Waals surface area contributed by atoms with Crippen LogP contribution in [0.1, 0.15) is 27.4 Å². The van der Waals surface area contributed by atoms with Crippen LogP contribution in [0.2, 0.25) is 0 Å². The van der Waals surface area contributed by atoms with Crippen molar-refractivity contribution in [2.45, 2.75) is 25.3 Å². The van der Waals surface area contributed by atoms with E-state index in [1.807, 2.05) is 0 Å². The maximum Gasteiger partial charge on any atom is 0.345 e. The molecule has 1 aromatic rings. The Bertz CT molecular complexity index is 695. The van der Waals surface area contributed by atoms with Crippen LogP contribution in [0, 0.1) is 17.3 Å². The fraction of sp³-hybridized carbons (Fsp3) is 0.500. The molecule has 0 radical (unpaired) electrons. The van der Waals surface area contributed by atoms with Gasteiger partial charge in [0.05, 0.1) is 12.0 Å². The van der Waals surface area contributed by atoms with E-state index in [2.05, 4.69) is 5.32 Å². The van der Waals surface area contributed by atoms with Crippen LogP contribution in [-0.4, -0.2) is 34.0 Å². The Labute approximate surface area is 133 Å². The van der Waals surface area contributed by atoms with E-state index in [0.29, 0.717) is 4.88 Å². The van der Waals surface area contributed by atoms with E-state index in [-0.39, 0.29) is 24.3 Å². The molecule has 0 aromatic carbocycles. The van der Waals surface area contributed by atoms with E-state index < -0.39 is 41.0 Å². The molecule has 0 saturated heterocycles. The number of amides is 1. The van der Waals surface area contributed by atoms with Gasteiger partial charge in [0.1, 0.15) is 10.8 Å². The van der Waals surface area contributed by atoms with E-state index in [0.717, 1.165) is 11.3 Å². The highest BCUT2D eigenvalue weighted by Gasteiger charge is 2.87. The number of hydrogen-bond acceptors (Lipinski definition) is 4. The Morgan fingerprint density at radius 2 is 1.91 bits per heavy atom. The molecule has 23 heavy (non-hydrogen) atoms. The lowest BCUT2D eigenvalue weighted by atomic mass is 9.69. The highest BCUT2D eigenvalue weighted by atomic mass is 32.1. The highest BCUT2D eigenvalue weighted by Crippen LogP contribution is 2.76. The van der Waals surface area contributed by atoms with Crippen molar-refractivity contribution >= 4 is 29.2 Å². The molecule has 3 N–H and O–H groups in total. The monoisotopic (exact) mass is 345 g/mol. The summed E-state index contributed by atoms with van der Waals surface area (Å²) in [4.78, 5) is 34.3. The summed E-state index contributed by atoms with van der Waals surface area (Å²) in [5, 5.41) is 20.2. The number of carboxylic acid groups (broad SMARTS) is 2. The minimum absolute atomic E-state index is 0.124. The SMILES string of the molecule is O=C(O)c1ccc(CNC(=O)C2CC3(C2)C(C(=O)O)C3(F)F)s1. The van der Waals surface area contributed by atoms with Crippen LogP contribution < -0.4 is 5.32 Å². The second-order valence-corrected chi connectivity index (χ2v) is 7.11. The predicted molar refractivity (Wildman–Crippen MR) is 74.4 cm³/mol. The Morgan fingerprint density at radius 3 is 2.39 bits per heavy atom. The number of carboxylic acids is 2. The van der Waals surface area contributed by atoms with Gasteiger partial charge >= 0.3 is 11.9 Å². The van der Waals surface area contributed by atoms with Crippen molar-refractivity contribution in [1.82, 2.24) is 5.32 Å². The Kier molecular flexibility index (Phi) is 3.44. The van der Waals surface area contributed by atoms with Crippen LogP contribution in [0.5, 0.6) is 0 Å². The third-order valence-corrected chi connectivity index (χ3v) is 5.72. The molecule has 1 amide bonds. The van der Waals surface area contributed by atoms with Crippen LogP contribution in [-0.2, 0) is 16.1 Å². The van der Waals surface area contributed by atoms with Crippen molar-refractivity contribution in [2.75, 3.05) is 0 Å². The molecule has 124 valence electrons. The van der Waals surface area contributed by atoms with Crippen molar-refractivity contribution in [1.29, 1.82) is 0 Å².